The minimum atomic E-state index is -1.81. The first-order chi connectivity index (χ1) is 65.9. The van der Waals surface area contributed by atoms with Crippen LogP contribution in [0, 0.1) is 22.7 Å². The number of carbonyl (C=O) groups excluding carboxylic acids is 19. The second-order valence-electron chi connectivity index (χ2n) is 37.2. The Morgan fingerprint density at radius 2 is 0.950 bits per heavy atom. The molecule has 49 nitrogen and oxygen atoms in total. The van der Waals surface area contributed by atoms with Crippen molar-refractivity contribution >= 4 is 148 Å². The number of nitrogens with one attached hydrogen (secondary N) is 19. The van der Waals surface area contributed by atoms with Crippen LogP contribution in [-0.4, -0.2) is 343 Å². The molecule has 7 rings (SSSR count). The van der Waals surface area contributed by atoms with Crippen LogP contribution in [0.4, 0.5) is 4.79 Å². The number of nitrogens with two attached hydrogens (primary N) is 5. The molecule has 20 amide bonds. The van der Waals surface area contributed by atoms with E-state index in [1.165, 1.54) is 71.6 Å². The summed E-state index contributed by atoms with van der Waals surface area (Å²) in [5.74, 6) is -14.0. The van der Waals surface area contributed by atoms with Gasteiger partial charge in [-0.2, -0.15) is 23.5 Å². The lowest BCUT2D eigenvalue weighted by Gasteiger charge is -2.32. The Hall–Kier alpha value is -11.9. The number of imidazole rings is 1. The number of H-pyrrole nitrogens is 1. The molecule has 30 N–H and O–H groups in total. The first-order valence-corrected chi connectivity index (χ1v) is 50.5. The third-order valence-electron chi connectivity index (χ3n) is 25.2. The molecule has 20 atom stereocenters. The molecule has 776 valence electrons. The van der Waals surface area contributed by atoms with Crippen molar-refractivity contribution in [1.82, 2.24) is 115 Å². The molecule has 0 aliphatic carbocycles. The molecule has 139 heavy (non-hydrogen) atoms. The summed E-state index contributed by atoms with van der Waals surface area (Å²) in [4.78, 5) is 276. The Morgan fingerprint density at radius 3 is 1.46 bits per heavy atom. The first-order valence-electron chi connectivity index (χ1n) is 48.0. The third-order valence-corrected chi connectivity index (χ3v) is 27.4. The number of hydrogen-bond acceptors (Lipinski definition) is 26. The maximum absolute atomic E-state index is 15.0. The van der Waals surface area contributed by atoms with Crippen LogP contribution >= 0.6 is 23.5 Å². The number of aliphatic hydroxyl groups is 1. The number of nitrogens with zero attached hydrogens (tertiary/aromatic N) is 5. The number of primary amides is 2. The molecule has 0 radical (unpaired) electrons. The van der Waals surface area contributed by atoms with Crippen LogP contribution in [-0.2, 0) is 92.7 Å². The number of unbranched alkanes of at least 4 members (excludes halogenated alkanes) is 2. The van der Waals surface area contributed by atoms with Crippen molar-refractivity contribution < 1.29 is 96.2 Å². The molecule has 6 aliphatic rings. The molecule has 1 aromatic rings. The Labute approximate surface area is 817 Å². The summed E-state index contributed by atoms with van der Waals surface area (Å²) < 4.78 is 0. The highest BCUT2D eigenvalue weighted by atomic mass is 32.2. The normalized spacial score (nSPS) is 21.0. The smallest absolute Gasteiger partial charge is 0.315 e. The molecule has 0 unspecified atom stereocenters. The predicted octanol–water partition coefficient (Wildman–Crippen LogP) is -6.24. The fourth-order valence-electron chi connectivity index (χ4n) is 17.7. The van der Waals surface area contributed by atoms with E-state index in [0.29, 0.717) is 63.6 Å². The molecule has 6 aliphatic heterocycles. The monoisotopic (exact) mass is 1990 g/mol. The van der Waals surface area contributed by atoms with E-state index in [1.54, 1.807) is 20.1 Å². The lowest BCUT2D eigenvalue weighted by atomic mass is 10.0. The van der Waals surface area contributed by atoms with Gasteiger partial charge in [-0.3, -0.25) is 97.1 Å². The topological polar surface area (TPSA) is 756 Å². The molecule has 7 heterocycles. The number of aromatic nitrogens is 2. The molecular formula is C88H147N29O20S2. The largest absolute Gasteiger partial charge is 0.391 e. The molecular weight excluding hydrogens is 1850 g/mol. The van der Waals surface area contributed by atoms with Crippen molar-refractivity contribution in [2.45, 2.75) is 330 Å². The number of amides is 20. The van der Waals surface area contributed by atoms with Crippen LogP contribution in [0.15, 0.2) is 12.5 Å². The summed E-state index contributed by atoms with van der Waals surface area (Å²) in [5.41, 5.74) is 28.4. The van der Waals surface area contributed by atoms with Gasteiger partial charge in [-0.05, 0) is 180 Å². The van der Waals surface area contributed by atoms with Crippen molar-refractivity contribution in [3.63, 3.8) is 0 Å². The number of aliphatic hydroxyl groups excluding tert-OH is 1. The lowest BCUT2D eigenvalue weighted by molar-refractivity contribution is -0.144. The quantitative estimate of drug-likeness (QED) is 0.0125. The van der Waals surface area contributed by atoms with E-state index in [4.69, 9.17) is 39.5 Å². The van der Waals surface area contributed by atoms with Crippen molar-refractivity contribution in [3.05, 3.63) is 18.2 Å². The first kappa shape index (κ1) is 114. The average Bonchev–Trinajstić information content (AvgIpc) is 1.68. The minimum absolute atomic E-state index is 0.0173. The highest BCUT2D eigenvalue weighted by Gasteiger charge is 2.48. The maximum atomic E-state index is 15.0. The second-order valence-corrected chi connectivity index (χ2v) is 39.4. The van der Waals surface area contributed by atoms with Crippen molar-refractivity contribution in [3.8, 4) is 0 Å². The second kappa shape index (κ2) is 56.4. The number of fused-ring (bicyclic) bond motifs is 1. The highest BCUT2D eigenvalue weighted by Crippen LogP contribution is 2.34. The zero-order valence-corrected chi connectivity index (χ0v) is 82.5. The summed E-state index contributed by atoms with van der Waals surface area (Å²) >= 11 is 3.11. The van der Waals surface area contributed by atoms with Gasteiger partial charge >= 0.3 is 6.03 Å². The van der Waals surface area contributed by atoms with E-state index in [-0.39, 0.29) is 176 Å². The van der Waals surface area contributed by atoms with Crippen molar-refractivity contribution in [2.75, 3.05) is 63.6 Å². The number of likely N-dealkylation sites (tertiary alicyclic amines) is 4. The summed E-state index contributed by atoms with van der Waals surface area (Å²) in [7, 11) is 0. The molecule has 0 saturated carbocycles. The summed E-state index contributed by atoms with van der Waals surface area (Å²) in [6, 6.07) is -20.8. The van der Waals surface area contributed by atoms with E-state index in [1.807, 2.05) is 25.6 Å². The molecule has 0 bridgehead atoms. The maximum Gasteiger partial charge on any atom is 0.315 e. The van der Waals surface area contributed by atoms with E-state index in [2.05, 4.69) is 95.0 Å². The van der Waals surface area contributed by atoms with Gasteiger partial charge in [0.2, 0.25) is 106 Å². The van der Waals surface area contributed by atoms with E-state index in [0.717, 1.165) is 18.6 Å². The Balaban J connectivity index is 0.935. The van der Waals surface area contributed by atoms with Crippen molar-refractivity contribution in [1.29, 1.82) is 10.8 Å². The Morgan fingerprint density at radius 1 is 0.489 bits per heavy atom. The van der Waals surface area contributed by atoms with E-state index in [9.17, 15) is 91.4 Å². The van der Waals surface area contributed by atoms with Crippen LogP contribution < -0.4 is 114 Å². The minimum Gasteiger partial charge on any atom is -0.391 e. The molecule has 6 saturated heterocycles. The van der Waals surface area contributed by atoms with Crippen LogP contribution in [0.1, 0.15) is 209 Å². The fourth-order valence-corrected chi connectivity index (χ4v) is 19.7. The SMILES string of the molecule is CSCC[C@H](NC(=O)[C@@H](NC(=O)[C@H](CCCNC(=N)N)NC(=O)[C@@H]1CCCN1C(=O)[C@H](CC(C)C)NC(=O)[C@H](CCCNC(=N)N)NC(=O)[C@H](C)N)[C@@H](C)O)C(=O)N[C@H](C(=O)N[C@@H](Cc1cnc[nH]1)C(=O)N1CCC[C@H]1C(=O)N[C@@H](C)C(=O)N1CCC[C@H]1C(=O)N[C@@H](C)C(=O)N[C@@H](CCC(N)=O)C(=O)N1CCC[C@H]1C(=O)N[C@@H](CCCCNC(=O)CCCC[C@@H]1SC[C@@H]2NC(=O)N[C@@H]21)C(N)=O)C(C)C. The number of thioether (sulfide) groups is 2. The van der Waals surface area contributed by atoms with Gasteiger partial charge in [-0.25, -0.2) is 9.78 Å². The van der Waals surface area contributed by atoms with Crippen LogP contribution in [0.3, 0.4) is 0 Å². The van der Waals surface area contributed by atoms with Crippen LogP contribution in [0.5, 0.6) is 0 Å². The molecule has 0 aromatic carbocycles. The number of guanidine groups is 2. The molecule has 1 aromatic heterocycles. The van der Waals surface area contributed by atoms with Gasteiger partial charge in [0.15, 0.2) is 11.9 Å². The standard InChI is InChI=1S/C88H147N29O20S2/c1-45(2)40-57(108-73(124)53(104-71(122)47(5)89)21-14-33-98-86(92)93)84(135)117-38-19-26-63(117)79(130)105-54(22-15-34-99-87(94)95)74(125)112-68(50(8)118)81(132)106-55(31-39-138-9)75(126)111-67(46(3)4)80(131)109-58(41-51-42-96-44-100-51)85(136)116-37-17-24-61(116)77(128)102-49(7)82(133)114-35-16-23-60(114)76(127)101-48(6)72(123)107-56(29-30-65(90)119)83(134)115-36-18-25-62(115)78(129)103-52(70(91)121)20-12-13-32-97-66(120)28-11-10-27-64-69-59(43-139-64)110-88(137)113-69/h42,44-50,52-64,67-69,118H,10-41,43,89H2,1-9H3,(H2,90,119)(H2,91,121)(H,96,100)(H,97,120)(H,101,127)(H,102,128)(H,103,129)(H,104,122)(H,105,130)(H,106,132)(H,107,123)(H,108,124)(H,109,131)(H,111,126)(H,112,125)(H4,92,93,98)(H4,94,95,99)(H2,110,113,137)/t47-,48-,49-,50+,52-,53-,54-,55-,56-,57-,58-,59-,60-,61-,62-,63-,64-,67-,68-,69-/m0/s1. The highest BCUT2D eigenvalue weighted by molar-refractivity contribution is 8.00. The van der Waals surface area contributed by atoms with Crippen molar-refractivity contribution in [2.24, 2.45) is 40.5 Å². The third kappa shape index (κ3) is 35.4. The van der Waals surface area contributed by atoms with Gasteiger partial charge in [0.25, 0.3) is 0 Å². The zero-order valence-electron chi connectivity index (χ0n) is 80.8. The van der Waals surface area contributed by atoms with Gasteiger partial charge in [-0.15, -0.1) is 0 Å². The van der Waals surface area contributed by atoms with E-state index >= 15 is 4.79 Å². The zero-order chi connectivity index (χ0) is 103. The van der Waals surface area contributed by atoms with E-state index < -0.39 is 215 Å². The van der Waals surface area contributed by atoms with Crippen LogP contribution in [0.25, 0.3) is 0 Å². The average molecular weight is 2000 g/mol. The lowest BCUT2D eigenvalue weighted by Crippen LogP contribution is -2.62. The number of urea groups is 1. The Kier molecular flexibility index (Phi) is 46.3. The number of hydrogen-bond donors (Lipinski definition) is 25. The summed E-state index contributed by atoms with van der Waals surface area (Å²) in [5, 5.41) is 70.0. The van der Waals surface area contributed by atoms with Gasteiger partial charge in [0.1, 0.15) is 90.6 Å². The number of aromatic amines is 1. The van der Waals surface area contributed by atoms with Gasteiger partial charge in [-0.1, -0.05) is 34.1 Å². The summed E-state index contributed by atoms with van der Waals surface area (Å²) in [6.45, 7) is 12.9. The summed E-state index contributed by atoms with van der Waals surface area (Å²) in [6.07, 6.45) is 7.79. The van der Waals surface area contributed by atoms with Gasteiger partial charge in [0.05, 0.1) is 30.6 Å². The van der Waals surface area contributed by atoms with Gasteiger partial charge < -0.3 is 143 Å². The molecule has 51 heteroatoms. The molecule has 0 spiro atoms. The number of rotatable bonds is 57. The molecule has 6 fully saturated rings. The van der Waals surface area contributed by atoms with Crippen LogP contribution in [0.2, 0.25) is 0 Å². The Bertz CT molecular complexity index is 4460. The van der Waals surface area contributed by atoms with Gasteiger partial charge in [0, 0.05) is 88.0 Å². The fraction of sp³-hybridized carbons (Fsp3) is 0.727. The predicted molar refractivity (Wildman–Crippen MR) is 513 cm³/mol. The number of carbonyl (C=O) groups is 19.